The van der Waals surface area contributed by atoms with Gasteiger partial charge in [-0.25, -0.2) is 0 Å². The summed E-state index contributed by atoms with van der Waals surface area (Å²) in [6, 6.07) is 8.59. The van der Waals surface area contributed by atoms with E-state index >= 15 is 0 Å². The fourth-order valence-electron chi connectivity index (χ4n) is 2.00. The van der Waals surface area contributed by atoms with Crippen LogP contribution in [0, 0.1) is 0 Å². The SMILES string of the molecule is CCOCc1c(CNC(C)(C)C)sc2ccccc12. The zero-order valence-corrected chi connectivity index (χ0v) is 13.1. The minimum Gasteiger partial charge on any atom is -0.377 e. The van der Waals surface area contributed by atoms with E-state index in [2.05, 4.69) is 50.4 Å². The van der Waals surface area contributed by atoms with Crippen LogP contribution in [0.3, 0.4) is 0 Å². The number of rotatable bonds is 5. The Hall–Kier alpha value is -0.900. The predicted octanol–water partition coefficient (Wildman–Crippen LogP) is 4.33. The van der Waals surface area contributed by atoms with Gasteiger partial charge in [-0.15, -0.1) is 11.3 Å². The van der Waals surface area contributed by atoms with E-state index in [1.54, 1.807) is 0 Å². The highest BCUT2D eigenvalue weighted by Crippen LogP contribution is 2.32. The van der Waals surface area contributed by atoms with E-state index in [1.165, 1.54) is 20.5 Å². The molecule has 1 N–H and O–H groups in total. The molecule has 3 heteroatoms. The van der Waals surface area contributed by atoms with Gasteiger partial charge in [-0.3, -0.25) is 0 Å². The van der Waals surface area contributed by atoms with Gasteiger partial charge >= 0.3 is 0 Å². The van der Waals surface area contributed by atoms with Crippen LogP contribution in [0.25, 0.3) is 10.1 Å². The summed E-state index contributed by atoms with van der Waals surface area (Å²) in [7, 11) is 0. The third kappa shape index (κ3) is 3.78. The largest absolute Gasteiger partial charge is 0.377 e. The molecular formula is C16H23NOS. The summed E-state index contributed by atoms with van der Waals surface area (Å²) in [5.74, 6) is 0. The van der Waals surface area contributed by atoms with Gasteiger partial charge in [0.25, 0.3) is 0 Å². The highest BCUT2D eigenvalue weighted by atomic mass is 32.1. The molecule has 0 amide bonds. The molecule has 1 heterocycles. The van der Waals surface area contributed by atoms with Crippen LogP contribution >= 0.6 is 11.3 Å². The molecule has 2 nitrogen and oxygen atoms in total. The number of hydrogen-bond donors (Lipinski definition) is 1. The Morgan fingerprint density at radius 1 is 1.21 bits per heavy atom. The average molecular weight is 277 g/mol. The first-order chi connectivity index (χ1) is 9.01. The second-order valence-corrected chi connectivity index (χ2v) is 6.88. The van der Waals surface area contributed by atoms with Crippen LogP contribution in [0.4, 0.5) is 0 Å². The van der Waals surface area contributed by atoms with Crippen molar-refractivity contribution in [2.75, 3.05) is 6.61 Å². The lowest BCUT2D eigenvalue weighted by Gasteiger charge is -2.20. The first kappa shape index (κ1) is 14.5. The van der Waals surface area contributed by atoms with Crippen molar-refractivity contribution in [1.29, 1.82) is 0 Å². The smallest absolute Gasteiger partial charge is 0.0734 e. The van der Waals surface area contributed by atoms with Crippen molar-refractivity contribution in [3.05, 3.63) is 34.7 Å². The van der Waals surface area contributed by atoms with Crippen LogP contribution in [-0.4, -0.2) is 12.1 Å². The lowest BCUT2D eigenvalue weighted by molar-refractivity contribution is 0.134. The van der Waals surface area contributed by atoms with Gasteiger partial charge in [0, 0.05) is 33.8 Å². The second kappa shape index (κ2) is 6.04. The van der Waals surface area contributed by atoms with Crippen molar-refractivity contribution in [1.82, 2.24) is 5.32 Å². The van der Waals surface area contributed by atoms with Crippen molar-refractivity contribution in [3.8, 4) is 0 Å². The molecule has 1 aromatic heterocycles. The summed E-state index contributed by atoms with van der Waals surface area (Å²) in [5, 5.41) is 4.91. The molecule has 1 aromatic carbocycles. The van der Waals surface area contributed by atoms with Gasteiger partial charge in [0.15, 0.2) is 0 Å². The fourth-order valence-corrected chi connectivity index (χ4v) is 3.15. The molecule has 0 spiro atoms. The topological polar surface area (TPSA) is 21.3 Å². The summed E-state index contributed by atoms with van der Waals surface area (Å²) >= 11 is 1.87. The first-order valence-electron chi connectivity index (χ1n) is 6.83. The Morgan fingerprint density at radius 2 is 1.95 bits per heavy atom. The van der Waals surface area contributed by atoms with Gasteiger partial charge in [-0.2, -0.15) is 0 Å². The van der Waals surface area contributed by atoms with Crippen LogP contribution in [0.15, 0.2) is 24.3 Å². The molecule has 0 aliphatic carbocycles. The summed E-state index contributed by atoms with van der Waals surface area (Å²) in [6.07, 6.45) is 0. The van der Waals surface area contributed by atoms with Crippen LogP contribution in [0.5, 0.6) is 0 Å². The molecule has 104 valence electrons. The molecule has 0 saturated heterocycles. The number of nitrogens with one attached hydrogen (secondary N) is 1. The van der Waals surface area contributed by atoms with Crippen molar-refractivity contribution in [2.45, 2.75) is 46.4 Å². The maximum absolute atomic E-state index is 5.64. The minimum absolute atomic E-state index is 0.138. The molecule has 0 unspecified atom stereocenters. The molecular weight excluding hydrogens is 254 g/mol. The van der Waals surface area contributed by atoms with Gasteiger partial charge in [0.1, 0.15) is 0 Å². The zero-order valence-electron chi connectivity index (χ0n) is 12.2. The Bertz CT molecular complexity index is 539. The Balaban J connectivity index is 2.30. The van der Waals surface area contributed by atoms with Crippen LogP contribution in [0.1, 0.15) is 38.1 Å². The highest BCUT2D eigenvalue weighted by molar-refractivity contribution is 7.19. The number of ether oxygens (including phenoxy) is 1. The van der Waals surface area contributed by atoms with E-state index in [9.17, 15) is 0 Å². The summed E-state index contributed by atoms with van der Waals surface area (Å²) in [6.45, 7) is 11.0. The van der Waals surface area contributed by atoms with Crippen LogP contribution in [0.2, 0.25) is 0 Å². The van der Waals surface area contributed by atoms with Gasteiger partial charge in [0.2, 0.25) is 0 Å². The maximum atomic E-state index is 5.64. The van der Waals surface area contributed by atoms with Crippen LogP contribution in [-0.2, 0) is 17.9 Å². The van der Waals surface area contributed by atoms with E-state index in [4.69, 9.17) is 4.74 Å². The number of hydrogen-bond acceptors (Lipinski definition) is 3. The number of benzene rings is 1. The summed E-state index contributed by atoms with van der Waals surface area (Å²) in [5.41, 5.74) is 1.48. The third-order valence-electron chi connectivity index (χ3n) is 3.01. The van der Waals surface area contributed by atoms with Crippen molar-refractivity contribution >= 4 is 21.4 Å². The van der Waals surface area contributed by atoms with Gasteiger partial charge in [0.05, 0.1) is 6.61 Å². The van der Waals surface area contributed by atoms with Gasteiger partial charge < -0.3 is 10.1 Å². The predicted molar refractivity (Wildman–Crippen MR) is 83.7 cm³/mol. The molecule has 0 saturated carbocycles. The standard InChI is InChI=1S/C16H23NOS/c1-5-18-11-13-12-8-6-7-9-14(12)19-15(13)10-17-16(2,3)4/h6-9,17H,5,10-11H2,1-4H3. The minimum atomic E-state index is 0.138. The first-order valence-corrected chi connectivity index (χ1v) is 7.65. The van der Waals surface area contributed by atoms with E-state index in [0.29, 0.717) is 6.61 Å². The fraction of sp³-hybridized carbons (Fsp3) is 0.500. The molecule has 2 aromatic rings. The average Bonchev–Trinajstić information content (AvgIpc) is 2.71. The monoisotopic (exact) mass is 277 g/mol. The van der Waals surface area contributed by atoms with Crippen LogP contribution < -0.4 is 5.32 Å². The summed E-state index contributed by atoms with van der Waals surface area (Å²) in [4.78, 5) is 1.39. The Morgan fingerprint density at radius 3 is 2.63 bits per heavy atom. The van der Waals surface area contributed by atoms with E-state index in [-0.39, 0.29) is 5.54 Å². The molecule has 0 bridgehead atoms. The molecule has 2 rings (SSSR count). The molecule has 0 aliphatic heterocycles. The molecule has 19 heavy (non-hydrogen) atoms. The molecule has 0 radical (unpaired) electrons. The molecule has 0 atom stereocenters. The Kier molecular flexibility index (Phi) is 4.61. The van der Waals surface area contributed by atoms with Gasteiger partial charge in [-0.05, 0) is 39.1 Å². The van der Waals surface area contributed by atoms with Gasteiger partial charge in [-0.1, -0.05) is 18.2 Å². The number of thiophene rings is 1. The van der Waals surface area contributed by atoms with Crippen molar-refractivity contribution in [2.24, 2.45) is 0 Å². The third-order valence-corrected chi connectivity index (χ3v) is 4.22. The Labute approximate surface area is 119 Å². The maximum Gasteiger partial charge on any atom is 0.0734 e. The second-order valence-electron chi connectivity index (χ2n) is 5.74. The molecule has 0 aliphatic rings. The van der Waals surface area contributed by atoms with Crippen molar-refractivity contribution < 1.29 is 4.74 Å². The lowest BCUT2D eigenvalue weighted by Crippen LogP contribution is -2.35. The van der Waals surface area contributed by atoms with Crippen molar-refractivity contribution in [3.63, 3.8) is 0 Å². The summed E-state index contributed by atoms with van der Waals surface area (Å²) < 4.78 is 6.99. The number of fused-ring (bicyclic) bond motifs is 1. The van der Waals surface area contributed by atoms with E-state index in [1.807, 2.05) is 18.3 Å². The highest BCUT2D eigenvalue weighted by Gasteiger charge is 2.15. The van der Waals surface area contributed by atoms with E-state index in [0.717, 1.165) is 13.2 Å². The lowest BCUT2D eigenvalue weighted by atomic mass is 10.1. The zero-order chi connectivity index (χ0) is 13.9. The normalized spacial score (nSPS) is 12.2. The molecule has 0 fully saturated rings. The van der Waals surface area contributed by atoms with E-state index < -0.39 is 0 Å². The quantitative estimate of drug-likeness (QED) is 0.878.